The van der Waals surface area contributed by atoms with Crippen LogP contribution < -0.4 is 0 Å². The summed E-state index contributed by atoms with van der Waals surface area (Å²) in [6.07, 6.45) is 4.89. The molecule has 2 fully saturated rings. The van der Waals surface area contributed by atoms with Gasteiger partial charge in [0, 0.05) is 19.3 Å². The second-order valence-electron chi connectivity index (χ2n) is 5.95. The SMILES string of the molecule is COC[C@@]12CC(C)C[C@@H](C1)N2C(=O)c1ccccn1. The number of amides is 1. The summed E-state index contributed by atoms with van der Waals surface area (Å²) in [5, 5.41) is 0. The molecule has 4 heteroatoms. The molecule has 19 heavy (non-hydrogen) atoms. The molecule has 1 aromatic rings. The van der Waals surface area contributed by atoms with Crippen molar-refractivity contribution in [3.05, 3.63) is 30.1 Å². The van der Waals surface area contributed by atoms with Crippen LogP contribution in [0.25, 0.3) is 0 Å². The minimum atomic E-state index is -0.0916. The highest BCUT2D eigenvalue weighted by molar-refractivity contribution is 5.93. The Labute approximate surface area is 113 Å². The standard InChI is InChI=1S/C15H20N2O2/c1-11-7-12-9-15(8-11,10-19-2)17(12)14(18)13-5-3-4-6-16-13/h3-6,11-12H,7-10H2,1-2H3/t11?,12-,15+/m0/s1. The van der Waals surface area contributed by atoms with E-state index >= 15 is 0 Å². The van der Waals surface area contributed by atoms with E-state index in [4.69, 9.17) is 4.74 Å². The van der Waals surface area contributed by atoms with E-state index in [9.17, 15) is 4.79 Å². The molecule has 2 heterocycles. The lowest BCUT2D eigenvalue weighted by atomic mass is 9.64. The monoisotopic (exact) mass is 260 g/mol. The van der Waals surface area contributed by atoms with Crippen molar-refractivity contribution in [2.45, 2.75) is 37.8 Å². The van der Waals surface area contributed by atoms with Gasteiger partial charge in [0.1, 0.15) is 5.69 Å². The smallest absolute Gasteiger partial charge is 0.273 e. The number of hydrogen-bond donors (Lipinski definition) is 0. The van der Waals surface area contributed by atoms with Crippen molar-refractivity contribution in [3.8, 4) is 0 Å². The van der Waals surface area contributed by atoms with Crippen molar-refractivity contribution < 1.29 is 9.53 Å². The lowest BCUT2D eigenvalue weighted by molar-refractivity contribution is -0.129. The van der Waals surface area contributed by atoms with Gasteiger partial charge in [-0.05, 0) is 37.3 Å². The molecule has 2 bridgehead atoms. The van der Waals surface area contributed by atoms with Gasteiger partial charge in [-0.1, -0.05) is 13.0 Å². The summed E-state index contributed by atoms with van der Waals surface area (Å²) in [4.78, 5) is 18.8. The number of piperidine rings is 1. The summed E-state index contributed by atoms with van der Waals surface area (Å²) in [6, 6.07) is 5.86. The second-order valence-corrected chi connectivity index (χ2v) is 5.95. The van der Waals surface area contributed by atoms with Crippen LogP contribution in [0.4, 0.5) is 0 Å². The number of hydrogen-bond acceptors (Lipinski definition) is 3. The maximum Gasteiger partial charge on any atom is 0.273 e. The van der Waals surface area contributed by atoms with Crippen molar-refractivity contribution in [1.29, 1.82) is 0 Å². The normalized spacial score (nSPS) is 32.8. The topological polar surface area (TPSA) is 42.4 Å². The molecular weight excluding hydrogens is 240 g/mol. The number of pyridine rings is 1. The van der Waals surface area contributed by atoms with Gasteiger partial charge in [0.05, 0.1) is 12.1 Å². The fourth-order valence-corrected chi connectivity index (χ4v) is 3.92. The first-order valence-corrected chi connectivity index (χ1v) is 6.90. The van der Waals surface area contributed by atoms with Crippen LogP contribution in [0.5, 0.6) is 0 Å². The largest absolute Gasteiger partial charge is 0.382 e. The summed E-state index contributed by atoms with van der Waals surface area (Å²) in [6.45, 7) is 2.89. The molecule has 3 rings (SSSR count). The fraction of sp³-hybridized carbons (Fsp3) is 0.600. The van der Waals surface area contributed by atoms with Crippen LogP contribution in [0.3, 0.4) is 0 Å². The van der Waals surface area contributed by atoms with Gasteiger partial charge in [0.2, 0.25) is 0 Å². The van der Waals surface area contributed by atoms with Crippen LogP contribution in [-0.4, -0.2) is 41.1 Å². The van der Waals surface area contributed by atoms with Crippen LogP contribution in [0, 0.1) is 5.92 Å². The number of carbonyl (C=O) groups excluding carboxylic acids is 1. The quantitative estimate of drug-likeness (QED) is 0.836. The number of fused-ring (bicyclic) bond motifs is 2. The van der Waals surface area contributed by atoms with Gasteiger partial charge in [-0.15, -0.1) is 0 Å². The third kappa shape index (κ3) is 1.94. The molecule has 1 saturated heterocycles. The van der Waals surface area contributed by atoms with Gasteiger partial charge in [0.15, 0.2) is 0 Å². The van der Waals surface area contributed by atoms with Crippen LogP contribution >= 0.6 is 0 Å². The highest BCUT2D eigenvalue weighted by atomic mass is 16.5. The average molecular weight is 260 g/mol. The van der Waals surface area contributed by atoms with Gasteiger partial charge < -0.3 is 9.64 Å². The Morgan fingerprint density at radius 1 is 1.53 bits per heavy atom. The van der Waals surface area contributed by atoms with E-state index in [0.29, 0.717) is 24.3 Å². The third-order valence-electron chi connectivity index (χ3n) is 4.41. The van der Waals surface area contributed by atoms with Gasteiger partial charge in [0.25, 0.3) is 5.91 Å². The molecule has 2 aliphatic rings. The van der Waals surface area contributed by atoms with Gasteiger partial charge in [-0.25, -0.2) is 0 Å². The van der Waals surface area contributed by atoms with Crippen molar-refractivity contribution in [2.75, 3.05) is 13.7 Å². The number of rotatable bonds is 3. The van der Waals surface area contributed by atoms with Crippen LogP contribution in [0.1, 0.15) is 36.7 Å². The zero-order chi connectivity index (χ0) is 13.5. The van der Waals surface area contributed by atoms with Crippen molar-refractivity contribution >= 4 is 5.91 Å². The van der Waals surface area contributed by atoms with E-state index < -0.39 is 0 Å². The number of methoxy groups -OCH3 is 1. The maximum absolute atomic E-state index is 12.6. The lowest BCUT2D eigenvalue weighted by Gasteiger charge is -2.63. The van der Waals surface area contributed by atoms with Crippen molar-refractivity contribution in [2.24, 2.45) is 5.92 Å². The number of aromatic nitrogens is 1. The number of nitrogens with zero attached hydrogens (tertiary/aromatic N) is 2. The molecule has 1 aliphatic carbocycles. The van der Waals surface area contributed by atoms with E-state index in [1.807, 2.05) is 17.0 Å². The summed E-state index contributed by atoms with van der Waals surface area (Å²) < 4.78 is 5.37. The summed E-state index contributed by atoms with van der Waals surface area (Å²) in [5.74, 6) is 0.725. The molecule has 1 saturated carbocycles. The Balaban J connectivity index is 1.86. The second kappa shape index (κ2) is 4.60. The minimum Gasteiger partial charge on any atom is -0.382 e. The first-order valence-electron chi connectivity index (χ1n) is 6.90. The minimum absolute atomic E-state index is 0.0563. The van der Waals surface area contributed by atoms with Crippen molar-refractivity contribution in [3.63, 3.8) is 0 Å². The van der Waals surface area contributed by atoms with Crippen LogP contribution in [0.15, 0.2) is 24.4 Å². The summed E-state index contributed by atoms with van der Waals surface area (Å²) in [5.41, 5.74) is 0.452. The van der Waals surface area contributed by atoms with E-state index in [1.54, 1.807) is 19.4 Å². The molecule has 1 aromatic heterocycles. The Kier molecular flexibility index (Phi) is 3.05. The maximum atomic E-state index is 12.6. The predicted octanol–water partition coefficient (Wildman–Crippen LogP) is 2.11. The Hall–Kier alpha value is -1.42. The summed E-state index contributed by atoms with van der Waals surface area (Å²) >= 11 is 0. The Morgan fingerprint density at radius 3 is 3.05 bits per heavy atom. The lowest BCUT2D eigenvalue weighted by Crippen LogP contribution is -2.73. The molecule has 1 unspecified atom stereocenters. The van der Waals surface area contributed by atoms with Gasteiger partial charge >= 0.3 is 0 Å². The number of carbonyl (C=O) groups is 1. The Bertz CT molecular complexity index is 472. The molecule has 0 spiro atoms. The third-order valence-corrected chi connectivity index (χ3v) is 4.41. The molecule has 102 valence electrons. The molecule has 0 aromatic carbocycles. The molecule has 3 atom stereocenters. The van der Waals surface area contributed by atoms with E-state index in [0.717, 1.165) is 19.3 Å². The molecule has 0 N–H and O–H groups in total. The van der Waals surface area contributed by atoms with E-state index in [2.05, 4.69) is 11.9 Å². The van der Waals surface area contributed by atoms with E-state index in [1.165, 1.54) is 0 Å². The highest BCUT2D eigenvalue weighted by Crippen LogP contribution is 2.50. The zero-order valence-electron chi connectivity index (χ0n) is 11.5. The highest BCUT2D eigenvalue weighted by Gasteiger charge is 2.58. The van der Waals surface area contributed by atoms with Gasteiger partial charge in [-0.2, -0.15) is 0 Å². The van der Waals surface area contributed by atoms with E-state index in [-0.39, 0.29) is 11.4 Å². The number of ether oxygens (including phenoxy) is 1. The molecule has 1 aliphatic heterocycles. The van der Waals surface area contributed by atoms with Gasteiger partial charge in [-0.3, -0.25) is 9.78 Å². The molecular formula is C15H20N2O2. The fourth-order valence-electron chi connectivity index (χ4n) is 3.92. The van der Waals surface area contributed by atoms with Crippen molar-refractivity contribution in [1.82, 2.24) is 9.88 Å². The van der Waals surface area contributed by atoms with Crippen LogP contribution in [0.2, 0.25) is 0 Å². The van der Waals surface area contributed by atoms with Crippen LogP contribution in [-0.2, 0) is 4.74 Å². The average Bonchev–Trinajstić information content (AvgIpc) is 2.39. The zero-order valence-corrected chi connectivity index (χ0v) is 11.5. The first-order chi connectivity index (χ1) is 9.16. The predicted molar refractivity (Wildman–Crippen MR) is 71.8 cm³/mol. The summed E-state index contributed by atoms with van der Waals surface area (Å²) in [7, 11) is 1.71. The number of likely N-dealkylation sites (tertiary alicyclic amines) is 1. The Morgan fingerprint density at radius 2 is 2.37 bits per heavy atom. The molecule has 0 radical (unpaired) electrons. The first kappa shape index (κ1) is 12.6. The molecule has 1 amide bonds. The molecule has 4 nitrogen and oxygen atoms in total.